The van der Waals surface area contributed by atoms with Gasteiger partial charge in [-0.25, -0.2) is 0 Å². The van der Waals surface area contributed by atoms with Gasteiger partial charge in [0.15, 0.2) is 11.5 Å². The summed E-state index contributed by atoms with van der Waals surface area (Å²) in [5.74, 6) is 2.06. The maximum absolute atomic E-state index is 13.7. The molecular weight excluding hydrogens is 414 g/mol. The molecule has 0 bridgehead atoms. The van der Waals surface area contributed by atoms with Crippen LogP contribution in [0, 0.1) is 5.92 Å². The lowest BCUT2D eigenvalue weighted by atomic mass is 9.76. The molecule has 2 N–H and O–H groups in total. The summed E-state index contributed by atoms with van der Waals surface area (Å²) in [4.78, 5) is 16.3. The van der Waals surface area contributed by atoms with Crippen LogP contribution in [0.15, 0.2) is 36.4 Å². The highest BCUT2D eigenvalue weighted by Gasteiger charge is 2.42. The number of nitrogens with one attached hydrogen (secondary N) is 2. The van der Waals surface area contributed by atoms with E-state index in [2.05, 4.69) is 15.5 Å². The lowest BCUT2D eigenvalue weighted by Crippen LogP contribution is -2.55. The van der Waals surface area contributed by atoms with Crippen molar-refractivity contribution in [1.29, 1.82) is 0 Å². The molecule has 0 saturated carbocycles. The molecule has 33 heavy (non-hydrogen) atoms. The molecule has 0 radical (unpaired) electrons. The Hall–Kier alpha value is -2.57. The van der Waals surface area contributed by atoms with E-state index in [1.807, 2.05) is 43.3 Å². The molecule has 0 aliphatic carbocycles. The SMILES string of the molecule is COc1cc(C(=O)NC(C)c2ccccc2)c2c(c1OC)CCN1C[C@H]3CCCN[C@H]3C[C@H]21. The van der Waals surface area contributed by atoms with Crippen LogP contribution in [0.3, 0.4) is 0 Å². The fourth-order valence-electron chi connectivity index (χ4n) is 6.13. The number of carbonyl (C=O) groups excluding carboxylic acids is 1. The molecule has 6 nitrogen and oxygen atoms in total. The largest absolute Gasteiger partial charge is 0.493 e. The average Bonchev–Trinajstić information content (AvgIpc) is 2.86. The zero-order chi connectivity index (χ0) is 22.9. The molecule has 3 aliphatic rings. The van der Waals surface area contributed by atoms with Gasteiger partial charge < -0.3 is 20.1 Å². The van der Waals surface area contributed by atoms with Gasteiger partial charge in [0.2, 0.25) is 0 Å². The molecule has 1 unspecified atom stereocenters. The predicted molar refractivity (Wildman–Crippen MR) is 129 cm³/mol. The monoisotopic (exact) mass is 449 g/mol. The molecule has 176 valence electrons. The summed E-state index contributed by atoms with van der Waals surface area (Å²) < 4.78 is 11.5. The van der Waals surface area contributed by atoms with Gasteiger partial charge in [-0.1, -0.05) is 30.3 Å². The summed E-state index contributed by atoms with van der Waals surface area (Å²) in [5.41, 5.74) is 4.07. The van der Waals surface area contributed by atoms with Crippen LogP contribution in [0.2, 0.25) is 0 Å². The number of rotatable bonds is 5. The van der Waals surface area contributed by atoms with Crippen LogP contribution in [-0.2, 0) is 6.42 Å². The Morgan fingerprint density at radius 2 is 2.03 bits per heavy atom. The number of hydrogen-bond donors (Lipinski definition) is 2. The van der Waals surface area contributed by atoms with Crippen molar-refractivity contribution >= 4 is 5.91 Å². The van der Waals surface area contributed by atoms with Crippen LogP contribution >= 0.6 is 0 Å². The van der Waals surface area contributed by atoms with E-state index in [-0.39, 0.29) is 18.0 Å². The highest BCUT2D eigenvalue weighted by molar-refractivity contribution is 5.97. The van der Waals surface area contributed by atoms with Gasteiger partial charge in [0.25, 0.3) is 5.91 Å². The topological polar surface area (TPSA) is 62.8 Å². The third kappa shape index (κ3) is 4.11. The van der Waals surface area contributed by atoms with Crippen LogP contribution in [-0.4, -0.2) is 50.7 Å². The minimum Gasteiger partial charge on any atom is -0.493 e. The van der Waals surface area contributed by atoms with Crippen LogP contribution < -0.4 is 20.1 Å². The third-order valence-electron chi connectivity index (χ3n) is 7.80. The maximum atomic E-state index is 13.7. The van der Waals surface area contributed by atoms with E-state index >= 15 is 0 Å². The fraction of sp³-hybridized carbons (Fsp3) is 0.519. The first-order valence-electron chi connectivity index (χ1n) is 12.2. The Morgan fingerprint density at radius 1 is 1.21 bits per heavy atom. The summed E-state index contributed by atoms with van der Waals surface area (Å²) in [6.07, 6.45) is 4.45. The summed E-state index contributed by atoms with van der Waals surface area (Å²) in [6.45, 7) is 5.21. The molecule has 1 amide bonds. The van der Waals surface area contributed by atoms with E-state index in [1.165, 1.54) is 12.8 Å². The first-order valence-corrected chi connectivity index (χ1v) is 12.2. The zero-order valence-electron chi connectivity index (χ0n) is 19.9. The normalized spacial score (nSPS) is 25.2. The molecule has 0 spiro atoms. The van der Waals surface area contributed by atoms with Gasteiger partial charge in [-0.15, -0.1) is 0 Å². The maximum Gasteiger partial charge on any atom is 0.252 e. The van der Waals surface area contributed by atoms with Gasteiger partial charge in [0.1, 0.15) is 0 Å². The molecule has 6 heteroatoms. The quantitative estimate of drug-likeness (QED) is 0.726. The smallest absolute Gasteiger partial charge is 0.252 e. The molecule has 3 heterocycles. The highest BCUT2D eigenvalue weighted by atomic mass is 16.5. The number of hydrogen-bond acceptors (Lipinski definition) is 5. The van der Waals surface area contributed by atoms with Crippen molar-refractivity contribution in [3.8, 4) is 11.5 Å². The van der Waals surface area contributed by atoms with E-state index in [0.29, 0.717) is 17.7 Å². The number of piperidine rings is 2. The standard InChI is InChI=1S/C27H35N3O3/c1-17(18-8-5-4-6-9-18)29-27(31)21-14-24(32-2)26(33-3)20-11-13-30-16-19-10-7-12-28-22(19)15-23(30)25(20)21/h4-6,8-9,14,17,19,22-23,28H,7,10-13,15-16H2,1-3H3,(H,29,31)/t17?,19-,22+,23-/m1/s1. The van der Waals surface area contributed by atoms with Crippen molar-refractivity contribution in [3.63, 3.8) is 0 Å². The van der Waals surface area contributed by atoms with Crippen LogP contribution in [0.25, 0.3) is 0 Å². The first kappa shape index (κ1) is 22.2. The molecular formula is C27H35N3O3. The van der Waals surface area contributed by atoms with Gasteiger partial charge in [-0.2, -0.15) is 0 Å². The molecule has 4 atom stereocenters. The van der Waals surface area contributed by atoms with E-state index in [1.54, 1.807) is 14.2 Å². The zero-order valence-corrected chi connectivity index (χ0v) is 19.9. The number of carbonyl (C=O) groups is 1. The van der Waals surface area contributed by atoms with E-state index in [9.17, 15) is 4.79 Å². The van der Waals surface area contributed by atoms with Crippen molar-refractivity contribution in [2.24, 2.45) is 5.92 Å². The molecule has 2 saturated heterocycles. The lowest BCUT2D eigenvalue weighted by molar-refractivity contribution is 0.0537. The number of fused-ring (bicyclic) bond motifs is 4. The summed E-state index contributed by atoms with van der Waals surface area (Å²) in [7, 11) is 3.34. The Morgan fingerprint density at radius 3 is 2.79 bits per heavy atom. The third-order valence-corrected chi connectivity index (χ3v) is 7.80. The van der Waals surface area contributed by atoms with Crippen LogP contribution in [0.1, 0.15) is 65.3 Å². The minimum absolute atomic E-state index is 0.0517. The minimum atomic E-state index is -0.0853. The predicted octanol–water partition coefficient (Wildman–Crippen LogP) is 3.87. The Kier molecular flexibility index (Phi) is 6.30. The Labute approximate surface area is 196 Å². The van der Waals surface area contributed by atoms with Crippen molar-refractivity contribution in [1.82, 2.24) is 15.5 Å². The second-order valence-electron chi connectivity index (χ2n) is 9.62. The number of benzene rings is 2. The van der Waals surface area contributed by atoms with Gasteiger partial charge in [-0.05, 0) is 62.3 Å². The molecule has 2 aromatic carbocycles. The molecule has 5 rings (SSSR count). The number of ether oxygens (including phenoxy) is 2. The van der Waals surface area contributed by atoms with Crippen molar-refractivity contribution in [2.45, 2.75) is 50.7 Å². The number of amides is 1. The number of nitrogens with zero attached hydrogens (tertiary/aromatic N) is 1. The van der Waals surface area contributed by atoms with Crippen LogP contribution in [0.5, 0.6) is 11.5 Å². The summed E-state index contributed by atoms with van der Waals surface area (Å²) in [5, 5.41) is 6.99. The lowest BCUT2D eigenvalue weighted by Gasteiger charge is -2.49. The molecule has 2 fully saturated rings. The van der Waals surface area contributed by atoms with E-state index < -0.39 is 0 Å². The molecule has 3 aliphatic heterocycles. The Balaban J connectivity index is 1.53. The second-order valence-corrected chi connectivity index (χ2v) is 9.62. The molecule has 0 aromatic heterocycles. The summed E-state index contributed by atoms with van der Waals surface area (Å²) in [6, 6.07) is 12.6. The van der Waals surface area contributed by atoms with Gasteiger partial charge in [-0.3, -0.25) is 9.69 Å². The van der Waals surface area contributed by atoms with Gasteiger partial charge >= 0.3 is 0 Å². The van der Waals surface area contributed by atoms with Gasteiger partial charge in [0, 0.05) is 36.3 Å². The second kappa shape index (κ2) is 9.35. The van der Waals surface area contributed by atoms with E-state index in [0.717, 1.165) is 60.5 Å². The van der Waals surface area contributed by atoms with Crippen molar-refractivity contribution < 1.29 is 14.3 Å². The van der Waals surface area contributed by atoms with Gasteiger partial charge in [0.05, 0.1) is 20.3 Å². The van der Waals surface area contributed by atoms with Crippen LogP contribution in [0.4, 0.5) is 0 Å². The highest BCUT2D eigenvalue weighted by Crippen LogP contribution is 2.47. The molecule has 2 aromatic rings. The van der Waals surface area contributed by atoms with Crippen molar-refractivity contribution in [2.75, 3.05) is 33.9 Å². The Bertz CT molecular complexity index is 1010. The van der Waals surface area contributed by atoms with Crippen molar-refractivity contribution in [3.05, 3.63) is 58.7 Å². The fourth-order valence-corrected chi connectivity index (χ4v) is 6.13. The van der Waals surface area contributed by atoms with E-state index in [4.69, 9.17) is 9.47 Å². The summed E-state index contributed by atoms with van der Waals surface area (Å²) >= 11 is 0. The first-order chi connectivity index (χ1) is 16.1. The average molecular weight is 450 g/mol. The number of methoxy groups -OCH3 is 2.